The molecule has 0 aromatic heterocycles. The summed E-state index contributed by atoms with van der Waals surface area (Å²) in [6.07, 6.45) is 0. The number of ether oxygens (including phenoxy) is 1. The molecule has 0 spiro atoms. The number of carbonyl (C=O) groups is 1. The summed E-state index contributed by atoms with van der Waals surface area (Å²) in [5, 5.41) is 5.58. The molecule has 84 valence electrons. The summed E-state index contributed by atoms with van der Waals surface area (Å²) >= 11 is 0. The molecule has 0 aliphatic carbocycles. The summed E-state index contributed by atoms with van der Waals surface area (Å²) < 4.78 is 5.29. The predicted octanol–water partition coefficient (Wildman–Crippen LogP) is 1.37. The Balaban J connectivity index is 3.89. The van der Waals surface area contributed by atoms with Gasteiger partial charge in [-0.1, -0.05) is 13.8 Å². The van der Waals surface area contributed by atoms with Gasteiger partial charge in [-0.05, 0) is 19.8 Å². The van der Waals surface area contributed by atoms with Crippen LogP contribution in [-0.2, 0) is 4.74 Å². The zero-order valence-electron chi connectivity index (χ0n) is 9.59. The lowest BCUT2D eigenvalue weighted by Gasteiger charge is -2.22. The highest BCUT2D eigenvalue weighted by molar-refractivity contribution is 5.74. The summed E-state index contributed by atoms with van der Waals surface area (Å²) in [7, 11) is 0. The zero-order chi connectivity index (χ0) is 11.0. The molecule has 0 radical (unpaired) electrons. The minimum atomic E-state index is -0.120. The Morgan fingerprint density at radius 3 is 2.43 bits per heavy atom. The summed E-state index contributed by atoms with van der Waals surface area (Å²) in [4.78, 5) is 11.2. The fourth-order valence-corrected chi connectivity index (χ4v) is 1.03. The van der Waals surface area contributed by atoms with Crippen LogP contribution in [0, 0.1) is 5.92 Å². The number of carbonyl (C=O) groups excluding carboxylic acids is 1. The van der Waals surface area contributed by atoms with Crippen LogP contribution in [0.25, 0.3) is 0 Å². The smallest absolute Gasteiger partial charge is 0.315 e. The summed E-state index contributed by atoms with van der Waals surface area (Å²) in [6, 6.07) is -0.0348. The van der Waals surface area contributed by atoms with Crippen molar-refractivity contribution in [1.82, 2.24) is 10.6 Å². The van der Waals surface area contributed by atoms with E-state index in [9.17, 15) is 4.79 Å². The van der Waals surface area contributed by atoms with Gasteiger partial charge in [0.05, 0.1) is 12.6 Å². The van der Waals surface area contributed by atoms with Crippen molar-refractivity contribution in [3.8, 4) is 0 Å². The largest absolute Gasteiger partial charge is 0.380 e. The van der Waals surface area contributed by atoms with E-state index in [2.05, 4.69) is 24.5 Å². The molecule has 0 aliphatic heterocycles. The fourth-order valence-electron chi connectivity index (χ4n) is 1.03. The van der Waals surface area contributed by atoms with Crippen molar-refractivity contribution in [2.45, 2.75) is 33.7 Å². The maximum absolute atomic E-state index is 11.2. The molecule has 1 atom stereocenters. The fraction of sp³-hybridized carbons (Fsp3) is 0.900. The molecular weight excluding hydrogens is 180 g/mol. The summed E-state index contributed by atoms with van der Waals surface area (Å²) in [5.41, 5.74) is 0. The molecule has 0 aliphatic rings. The number of rotatable bonds is 6. The molecular formula is C10H22N2O2. The van der Waals surface area contributed by atoms with E-state index in [1.807, 2.05) is 13.8 Å². The Hall–Kier alpha value is -0.770. The van der Waals surface area contributed by atoms with E-state index in [0.29, 0.717) is 25.7 Å². The SMILES string of the molecule is CCNC(=O)NC(COCC)C(C)C. The third kappa shape index (κ3) is 5.80. The standard InChI is InChI=1S/C10H22N2O2/c1-5-11-10(13)12-9(8(3)4)7-14-6-2/h8-9H,5-7H2,1-4H3,(H2,11,12,13). The van der Waals surface area contributed by atoms with Crippen molar-refractivity contribution >= 4 is 6.03 Å². The third-order valence-corrected chi connectivity index (χ3v) is 1.96. The lowest BCUT2D eigenvalue weighted by Crippen LogP contribution is -2.46. The molecule has 2 N–H and O–H groups in total. The van der Waals surface area contributed by atoms with Gasteiger partial charge < -0.3 is 15.4 Å². The number of hydrogen-bond acceptors (Lipinski definition) is 2. The highest BCUT2D eigenvalue weighted by Crippen LogP contribution is 2.01. The number of hydrogen-bond donors (Lipinski definition) is 2. The maximum Gasteiger partial charge on any atom is 0.315 e. The molecule has 0 bridgehead atoms. The summed E-state index contributed by atoms with van der Waals surface area (Å²) in [6.45, 7) is 9.87. The number of urea groups is 1. The van der Waals surface area contributed by atoms with Crippen LogP contribution < -0.4 is 10.6 Å². The van der Waals surface area contributed by atoms with E-state index in [4.69, 9.17) is 4.74 Å². The number of nitrogens with one attached hydrogen (secondary N) is 2. The third-order valence-electron chi connectivity index (χ3n) is 1.96. The van der Waals surface area contributed by atoms with Crippen molar-refractivity contribution in [3.63, 3.8) is 0 Å². The Morgan fingerprint density at radius 1 is 1.36 bits per heavy atom. The van der Waals surface area contributed by atoms with Crippen molar-refractivity contribution in [3.05, 3.63) is 0 Å². The van der Waals surface area contributed by atoms with Gasteiger partial charge >= 0.3 is 6.03 Å². The topological polar surface area (TPSA) is 50.4 Å². The molecule has 0 aromatic carbocycles. The van der Waals surface area contributed by atoms with Gasteiger partial charge in [-0.25, -0.2) is 4.79 Å². The Bertz CT molecular complexity index is 160. The highest BCUT2D eigenvalue weighted by atomic mass is 16.5. The van der Waals surface area contributed by atoms with Crippen LogP contribution >= 0.6 is 0 Å². The van der Waals surface area contributed by atoms with E-state index in [0.717, 1.165) is 0 Å². The van der Waals surface area contributed by atoms with Gasteiger partial charge in [-0.2, -0.15) is 0 Å². The van der Waals surface area contributed by atoms with Gasteiger partial charge in [0.1, 0.15) is 0 Å². The molecule has 0 saturated heterocycles. The first kappa shape index (κ1) is 13.2. The van der Waals surface area contributed by atoms with Crippen LogP contribution in [0.3, 0.4) is 0 Å². The van der Waals surface area contributed by atoms with E-state index >= 15 is 0 Å². The molecule has 0 rings (SSSR count). The van der Waals surface area contributed by atoms with Crippen LogP contribution in [0.2, 0.25) is 0 Å². The second-order valence-corrected chi connectivity index (χ2v) is 3.51. The van der Waals surface area contributed by atoms with Crippen LogP contribution in [0.5, 0.6) is 0 Å². The summed E-state index contributed by atoms with van der Waals surface area (Å²) in [5.74, 6) is 0.379. The van der Waals surface area contributed by atoms with Gasteiger partial charge in [0.15, 0.2) is 0 Å². The van der Waals surface area contributed by atoms with Gasteiger partial charge in [-0.3, -0.25) is 0 Å². The second-order valence-electron chi connectivity index (χ2n) is 3.51. The average molecular weight is 202 g/mol. The molecule has 4 nitrogen and oxygen atoms in total. The van der Waals surface area contributed by atoms with Crippen molar-refractivity contribution in [1.29, 1.82) is 0 Å². The van der Waals surface area contributed by atoms with E-state index < -0.39 is 0 Å². The average Bonchev–Trinajstić information content (AvgIpc) is 2.12. The van der Waals surface area contributed by atoms with Gasteiger partial charge in [0.25, 0.3) is 0 Å². The van der Waals surface area contributed by atoms with E-state index in [-0.39, 0.29) is 12.1 Å². The minimum absolute atomic E-state index is 0.0847. The van der Waals surface area contributed by atoms with Crippen LogP contribution in [0.1, 0.15) is 27.7 Å². The van der Waals surface area contributed by atoms with Crippen LogP contribution in [-0.4, -0.2) is 31.8 Å². The quantitative estimate of drug-likeness (QED) is 0.683. The molecule has 14 heavy (non-hydrogen) atoms. The lowest BCUT2D eigenvalue weighted by atomic mass is 10.1. The Morgan fingerprint density at radius 2 is 2.00 bits per heavy atom. The molecule has 0 fully saturated rings. The second kappa shape index (κ2) is 7.62. The first-order chi connectivity index (χ1) is 6.61. The molecule has 0 saturated carbocycles. The van der Waals surface area contributed by atoms with Crippen molar-refractivity contribution < 1.29 is 9.53 Å². The van der Waals surface area contributed by atoms with Crippen molar-refractivity contribution in [2.75, 3.05) is 19.8 Å². The van der Waals surface area contributed by atoms with Gasteiger partial charge in [-0.15, -0.1) is 0 Å². The van der Waals surface area contributed by atoms with Crippen LogP contribution in [0.15, 0.2) is 0 Å². The van der Waals surface area contributed by atoms with Crippen LogP contribution in [0.4, 0.5) is 4.79 Å². The normalized spacial score (nSPS) is 12.6. The lowest BCUT2D eigenvalue weighted by molar-refractivity contribution is 0.110. The van der Waals surface area contributed by atoms with Gasteiger partial charge in [0, 0.05) is 13.2 Å². The zero-order valence-corrected chi connectivity index (χ0v) is 9.59. The van der Waals surface area contributed by atoms with E-state index in [1.54, 1.807) is 0 Å². The highest BCUT2D eigenvalue weighted by Gasteiger charge is 2.15. The molecule has 4 heteroatoms. The Kier molecular flexibility index (Phi) is 7.20. The maximum atomic E-state index is 11.2. The molecule has 2 amide bonds. The predicted molar refractivity (Wildman–Crippen MR) is 57.3 cm³/mol. The number of amides is 2. The molecule has 1 unspecified atom stereocenters. The first-order valence-electron chi connectivity index (χ1n) is 5.23. The molecule has 0 heterocycles. The monoisotopic (exact) mass is 202 g/mol. The minimum Gasteiger partial charge on any atom is -0.380 e. The molecule has 0 aromatic rings. The Labute approximate surface area is 86.4 Å². The van der Waals surface area contributed by atoms with Gasteiger partial charge in [0.2, 0.25) is 0 Å². The van der Waals surface area contributed by atoms with E-state index in [1.165, 1.54) is 0 Å². The van der Waals surface area contributed by atoms with Crippen molar-refractivity contribution in [2.24, 2.45) is 5.92 Å². The first-order valence-corrected chi connectivity index (χ1v) is 5.23.